The number of aromatic nitrogens is 2. The fourth-order valence-corrected chi connectivity index (χ4v) is 4.65. The third-order valence-electron chi connectivity index (χ3n) is 6.94. The number of hydrogen-bond acceptors (Lipinski definition) is 3. The molecule has 0 spiro atoms. The van der Waals surface area contributed by atoms with Gasteiger partial charge in [-0.1, -0.05) is 62.4 Å². The van der Waals surface area contributed by atoms with Gasteiger partial charge in [0.2, 0.25) is 5.91 Å². The Bertz CT molecular complexity index is 1300. The first kappa shape index (κ1) is 24.8. The number of rotatable bonds is 11. The Balaban J connectivity index is 1.31. The summed E-state index contributed by atoms with van der Waals surface area (Å²) in [4.78, 5) is 12.9. The molecule has 0 bridgehead atoms. The Morgan fingerprint density at radius 1 is 1.00 bits per heavy atom. The van der Waals surface area contributed by atoms with Crippen molar-refractivity contribution in [2.75, 3.05) is 13.2 Å². The van der Waals surface area contributed by atoms with E-state index in [0.29, 0.717) is 19.1 Å². The molecule has 5 rings (SSSR count). The van der Waals surface area contributed by atoms with Gasteiger partial charge >= 0.3 is 0 Å². The number of benzene rings is 3. The molecule has 1 heterocycles. The smallest absolute Gasteiger partial charge is 0.223 e. The van der Waals surface area contributed by atoms with Crippen LogP contribution in [-0.2, 0) is 11.2 Å². The summed E-state index contributed by atoms with van der Waals surface area (Å²) in [5.41, 5.74) is 5.34. The molecule has 5 heteroatoms. The number of nitrogens with one attached hydrogen (secondary N) is 1. The Morgan fingerprint density at radius 2 is 1.70 bits per heavy atom. The van der Waals surface area contributed by atoms with Gasteiger partial charge < -0.3 is 10.1 Å². The second-order valence-electron chi connectivity index (χ2n) is 10.2. The van der Waals surface area contributed by atoms with Crippen molar-refractivity contribution in [3.05, 3.63) is 102 Å². The molecule has 1 aliphatic rings. The molecule has 2 unspecified atom stereocenters. The number of carbonyl (C=O) groups excluding carboxylic acids is 1. The summed E-state index contributed by atoms with van der Waals surface area (Å²) in [5, 5.41) is 8.11. The number of nitrogens with zero attached hydrogens (tertiary/aromatic N) is 2. The molecular weight excluding hydrogens is 458 g/mol. The first-order valence-corrected chi connectivity index (χ1v) is 13.3. The minimum absolute atomic E-state index is 0.0124. The zero-order valence-corrected chi connectivity index (χ0v) is 21.6. The van der Waals surface area contributed by atoms with E-state index in [1.165, 1.54) is 5.56 Å². The third-order valence-corrected chi connectivity index (χ3v) is 6.94. The van der Waals surface area contributed by atoms with Crippen molar-refractivity contribution in [3.8, 4) is 22.7 Å². The van der Waals surface area contributed by atoms with E-state index in [2.05, 4.69) is 49.6 Å². The highest BCUT2D eigenvalue weighted by Crippen LogP contribution is 2.50. The van der Waals surface area contributed by atoms with E-state index in [4.69, 9.17) is 9.84 Å². The van der Waals surface area contributed by atoms with Crippen molar-refractivity contribution in [2.24, 2.45) is 11.8 Å². The largest absolute Gasteiger partial charge is 0.494 e. The van der Waals surface area contributed by atoms with E-state index >= 15 is 0 Å². The SMILES string of the molecule is CC(C)CCOc1ccc(-c2nn(-c3ccccc3)cc2C2CC2C(=O)NCCc2ccccc2)cc1. The van der Waals surface area contributed by atoms with Crippen LogP contribution >= 0.6 is 0 Å². The fourth-order valence-electron chi connectivity index (χ4n) is 4.65. The van der Waals surface area contributed by atoms with E-state index in [1.807, 2.05) is 65.3 Å². The highest BCUT2D eigenvalue weighted by atomic mass is 16.5. The molecule has 2 atom stereocenters. The maximum atomic E-state index is 12.9. The summed E-state index contributed by atoms with van der Waals surface area (Å²) in [6.07, 6.45) is 4.82. The first-order chi connectivity index (χ1) is 18.1. The average molecular weight is 494 g/mol. The predicted octanol–water partition coefficient (Wildman–Crippen LogP) is 6.43. The van der Waals surface area contributed by atoms with E-state index in [-0.39, 0.29) is 17.7 Å². The van der Waals surface area contributed by atoms with Gasteiger partial charge in [0, 0.05) is 29.8 Å². The van der Waals surface area contributed by atoms with Crippen LogP contribution in [0.1, 0.15) is 43.7 Å². The van der Waals surface area contributed by atoms with Crippen LogP contribution in [0, 0.1) is 11.8 Å². The van der Waals surface area contributed by atoms with E-state index in [1.54, 1.807) is 0 Å². The fraction of sp³-hybridized carbons (Fsp3) is 0.312. The lowest BCUT2D eigenvalue weighted by molar-refractivity contribution is -0.122. The molecule has 0 saturated heterocycles. The van der Waals surface area contributed by atoms with Crippen molar-refractivity contribution in [1.82, 2.24) is 15.1 Å². The molecule has 1 aromatic heterocycles. The van der Waals surface area contributed by atoms with Crippen molar-refractivity contribution in [3.63, 3.8) is 0 Å². The molecule has 1 fully saturated rings. The van der Waals surface area contributed by atoms with Gasteiger partial charge in [0.1, 0.15) is 5.75 Å². The minimum atomic E-state index is -0.0124. The summed E-state index contributed by atoms with van der Waals surface area (Å²) >= 11 is 0. The second-order valence-corrected chi connectivity index (χ2v) is 10.2. The molecule has 0 aliphatic heterocycles. The van der Waals surface area contributed by atoms with Crippen molar-refractivity contribution >= 4 is 5.91 Å². The Labute approximate surface area is 219 Å². The standard InChI is InChI=1S/C32H35N3O2/c1-23(2)18-20-37-27-15-13-25(14-16-27)31-30(22-35(34-31)26-11-7-4-8-12-26)28-21-29(28)32(36)33-19-17-24-9-5-3-6-10-24/h3-16,22-23,28-29H,17-21H2,1-2H3,(H,33,36). The summed E-state index contributed by atoms with van der Waals surface area (Å²) in [6, 6.07) is 28.6. The molecule has 1 amide bonds. The predicted molar refractivity (Wildman–Crippen MR) is 148 cm³/mol. The number of carbonyl (C=O) groups is 1. The molecule has 1 saturated carbocycles. The Morgan fingerprint density at radius 3 is 2.41 bits per heavy atom. The van der Waals surface area contributed by atoms with Crippen LogP contribution in [0.5, 0.6) is 5.75 Å². The summed E-state index contributed by atoms with van der Waals surface area (Å²) < 4.78 is 7.84. The highest BCUT2D eigenvalue weighted by Gasteiger charge is 2.46. The molecule has 3 aromatic carbocycles. The van der Waals surface area contributed by atoms with Crippen LogP contribution < -0.4 is 10.1 Å². The molecule has 190 valence electrons. The van der Waals surface area contributed by atoms with E-state index in [0.717, 1.165) is 47.5 Å². The lowest BCUT2D eigenvalue weighted by atomic mass is 10.0. The van der Waals surface area contributed by atoms with Crippen molar-refractivity contribution in [2.45, 2.75) is 39.0 Å². The number of ether oxygens (including phenoxy) is 1. The van der Waals surface area contributed by atoms with Gasteiger partial charge in [-0.05, 0) is 73.1 Å². The maximum Gasteiger partial charge on any atom is 0.223 e. The average Bonchev–Trinajstić information content (AvgIpc) is 3.60. The van der Waals surface area contributed by atoms with Gasteiger partial charge in [-0.3, -0.25) is 4.79 Å². The Hall–Kier alpha value is -3.86. The topological polar surface area (TPSA) is 56.2 Å². The van der Waals surface area contributed by atoms with E-state index < -0.39 is 0 Å². The molecule has 37 heavy (non-hydrogen) atoms. The number of hydrogen-bond donors (Lipinski definition) is 1. The van der Waals surface area contributed by atoms with Gasteiger partial charge in [-0.15, -0.1) is 0 Å². The summed E-state index contributed by atoms with van der Waals surface area (Å²) in [7, 11) is 0. The molecule has 0 radical (unpaired) electrons. The number of amides is 1. The van der Waals surface area contributed by atoms with Crippen LogP contribution in [-0.4, -0.2) is 28.8 Å². The van der Waals surface area contributed by atoms with Crippen LogP contribution in [0.15, 0.2) is 91.1 Å². The maximum absolute atomic E-state index is 12.9. The quantitative estimate of drug-likeness (QED) is 0.262. The summed E-state index contributed by atoms with van der Waals surface area (Å²) in [6.45, 7) is 5.77. The van der Waals surface area contributed by atoms with Gasteiger partial charge in [0.15, 0.2) is 0 Å². The van der Waals surface area contributed by atoms with Gasteiger partial charge in [0.05, 0.1) is 18.0 Å². The molecule has 4 aromatic rings. The normalized spacial score (nSPS) is 16.5. The van der Waals surface area contributed by atoms with Crippen LogP contribution in [0.4, 0.5) is 0 Å². The second kappa shape index (κ2) is 11.5. The van der Waals surface area contributed by atoms with Crippen molar-refractivity contribution < 1.29 is 9.53 Å². The minimum Gasteiger partial charge on any atom is -0.494 e. The molecule has 1 N–H and O–H groups in total. The number of para-hydroxylation sites is 1. The highest BCUT2D eigenvalue weighted by molar-refractivity contribution is 5.83. The molecule has 1 aliphatic carbocycles. The van der Waals surface area contributed by atoms with Crippen LogP contribution in [0.2, 0.25) is 0 Å². The Kier molecular flexibility index (Phi) is 7.69. The zero-order valence-electron chi connectivity index (χ0n) is 21.6. The van der Waals surface area contributed by atoms with E-state index in [9.17, 15) is 4.79 Å². The zero-order chi connectivity index (χ0) is 25.6. The van der Waals surface area contributed by atoms with Gasteiger partial charge in [-0.2, -0.15) is 5.10 Å². The molecule has 5 nitrogen and oxygen atoms in total. The van der Waals surface area contributed by atoms with Crippen LogP contribution in [0.25, 0.3) is 16.9 Å². The van der Waals surface area contributed by atoms with Gasteiger partial charge in [0.25, 0.3) is 0 Å². The molecular formula is C32H35N3O2. The lowest BCUT2D eigenvalue weighted by Crippen LogP contribution is -2.27. The lowest BCUT2D eigenvalue weighted by Gasteiger charge is -2.09. The first-order valence-electron chi connectivity index (χ1n) is 13.3. The third kappa shape index (κ3) is 6.29. The van der Waals surface area contributed by atoms with Crippen LogP contribution in [0.3, 0.4) is 0 Å². The monoisotopic (exact) mass is 493 g/mol. The summed E-state index contributed by atoms with van der Waals surface area (Å²) in [5.74, 6) is 1.78. The van der Waals surface area contributed by atoms with Gasteiger partial charge in [-0.25, -0.2) is 4.68 Å². The van der Waals surface area contributed by atoms with Crippen molar-refractivity contribution in [1.29, 1.82) is 0 Å².